The van der Waals surface area contributed by atoms with Gasteiger partial charge in [0.2, 0.25) is 0 Å². The molecule has 1 saturated carbocycles. The van der Waals surface area contributed by atoms with Crippen LogP contribution < -0.4 is 10.2 Å². The molecule has 148 valence electrons. The predicted molar refractivity (Wildman–Crippen MR) is 111 cm³/mol. The van der Waals surface area contributed by atoms with Crippen molar-refractivity contribution in [2.45, 2.75) is 31.2 Å². The van der Waals surface area contributed by atoms with E-state index in [2.05, 4.69) is 5.32 Å². The first-order chi connectivity index (χ1) is 13.1. The number of morpholine rings is 1. The summed E-state index contributed by atoms with van der Waals surface area (Å²) in [5, 5.41) is 4.60. The van der Waals surface area contributed by atoms with Gasteiger partial charge in [-0.3, -0.25) is 4.79 Å². The summed E-state index contributed by atoms with van der Waals surface area (Å²) < 4.78 is 5.40. The van der Waals surface area contributed by atoms with E-state index < -0.39 is 5.54 Å². The predicted octanol–water partition coefficient (Wildman–Crippen LogP) is 1.40. The van der Waals surface area contributed by atoms with Crippen LogP contribution in [0.4, 0.5) is 0 Å². The number of likely N-dealkylation sites (N-methyl/N-ethyl adjacent to an activating group) is 1. The van der Waals surface area contributed by atoms with Crippen molar-refractivity contribution in [2.75, 3.05) is 46.4 Å². The first kappa shape index (κ1) is 20.5. The molecule has 5 nitrogen and oxygen atoms in total. The van der Waals surface area contributed by atoms with E-state index in [-0.39, 0.29) is 5.78 Å². The lowest BCUT2D eigenvalue weighted by Crippen LogP contribution is -3.14. The van der Waals surface area contributed by atoms with E-state index in [1.54, 1.807) is 0 Å². The number of thiocarbonyl (C=S) groups is 1. The Balaban J connectivity index is 1.73. The van der Waals surface area contributed by atoms with E-state index >= 15 is 0 Å². The maximum atomic E-state index is 13.1. The molecule has 0 amide bonds. The van der Waals surface area contributed by atoms with Gasteiger partial charge in [0, 0.05) is 24.1 Å². The average Bonchev–Trinajstić information content (AvgIpc) is 2.69. The summed E-state index contributed by atoms with van der Waals surface area (Å²) in [6.07, 6.45) is 3.22. The third-order valence-electron chi connectivity index (χ3n) is 5.81. The lowest BCUT2D eigenvalue weighted by atomic mass is 9.74. The summed E-state index contributed by atoms with van der Waals surface area (Å²) in [4.78, 5) is 16.6. The number of ether oxygens (including phenoxy) is 1. The number of quaternary nitrogens is 1. The number of nitrogens with one attached hydrogen (secondary N) is 2. The normalized spacial score (nSPS) is 23.9. The van der Waals surface area contributed by atoms with Gasteiger partial charge >= 0.3 is 0 Å². The molecule has 2 aliphatic rings. The first-order valence-electron chi connectivity index (χ1n) is 9.77. The topological polar surface area (TPSA) is 46.0 Å². The molecule has 0 spiro atoms. The minimum atomic E-state index is -0.771. The van der Waals surface area contributed by atoms with Gasteiger partial charge in [0.1, 0.15) is 18.6 Å². The largest absolute Gasteiger partial charge is 0.370 e. The number of ketones is 1. The van der Waals surface area contributed by atoms with Crippen LogP contribution in [0.25, 0.3) is 0 Å². The van der Waals surface area contributed by atoms with Crippen LogP contribution in [0.1, 0.15) is 31.2 Å². The molecule has 7 heteroatoms. The van der Waals surface area contributed by atoms with Gasteiger partial charge in [-0.2, -0.15) is 0 Å². The van der Waals surface area contributed by atoms with Crippen molar-refractivity contribution >= 4 is 34.7 Å². The van der Waals surface area contributed by atoms with Gasteiger partial charge in [-0.15, -0.1) is 0 Å². The highest BCUT2D eigenvalue weighted by Gasteiger charge is 2.47. The molecular formula is C20H29ClN3O2S+. The monoisotopic (exact) mass is 410 g/mol. The standard InChI is InChI=1S/C20H28ClN3O2S/c1-23(19(27)22-10-11-24-12-14-26-15-13-24)20(9-5-4-8-18(20)25)16-6-2-3-7-17(16)21/h2-3,6-7H,4-5,8-15H2,1H3,(H,22,27)/p+1/t20-/m0/s1. The molecule has 1 aromatic carbocycles. The Labute approximate surface area is 172 Å². The Hall–Kier alpha value is -1.21. The zero-order valence-electron chi connectivity index (χ0n) is 15.9. The van der Waals surface area contributed by atoms with Crippen molar-refractivity contribution in [3.63, 3.8) is 0 Å². The molecule has 2 fully saturated rings. The van der Waals surface area contributed by atoms with Gasteiger partial charge in [0.05, 0.1) is 26.3 Å². The fourth-order valence-electron chi connectivity index (χ4n) is 4.18. The Morgan fingerprint density at radius 1 is 1.33 bits per heavy atom. The molecule has 3 rings (SSSR count). The lowest BCUT2D eigenvalue weighted by Gasteiger charge is -2.45. The molecule has 1 aromatic rings. The number of hydrogen-bond donors (Lipinski definition) is 2. The smallest absolute Gasteiger partial charge is 0.169 e. The zero-order valence-corrected chi connectivity index (χ0v) is 17.5. The number of halogens is 1. The highest BCUT2D eigenvalue weighted by molar-refractivity contribution is 7.80. The minimum Gasteiger partial charge on any atom is -0.370 e. The summed E-state index contributed by atoms with van der Waals surface area (Å²) >= 11 is 12.2. The average molecular weight is 411 g/mol. The third kappa shape index (κ3) is 4.45. The van der Waals surface area contributed by atoms with Crippen LogP contribution in [0.2, 0.25) is 5.02 Å². The molecule has 1 aliphatic carbocycles. The van der Waals surface area contributed by atoms with Crippen molar-refractivity contribution < 1.29 is 14.4 Å². The molecular weight excluding hydrogens is 382 g/mol. The molecule has 1 atom stereocenters. The molecule has 2 N–H and O–H groups in total. The second-order valence-corrected chi connectivity index (χ2v) is 8.17. The summed E-state index contributed by atoms with van der Waals surface area (Å²) in [6, 6.07) is 7.65. The van der Waals surface area contributed by atoms with Crippen LogP contribution in [0.5, 0.6) is 0 Å². The maximum absolute atomic E-state index is 13.1. The Bertz CT molecular complexity index is 681. The highest BCUT2D eigenvalue weighted by atomic mass is 35.5. The Morgan fingerprint density at radius 2 is 2.07 bits per heavy atom. The molecule has 0 bridgehead atoms. The number of nitrogens with zero attached hydrogens (tertiary/aromatic N) is 1. The lowest BCUT2D eigenvalue weighted by molar-refractivity contribution is -0.906. The summed E-state index contributed by atoms with van der Waals surface area (Å²) in [5.74, 6) is 0.201. The van der Waals surface area contributed by atoms with Crippen LogP contribution in [-0.2, 0) is 15.1 Å². The van der Waals surface area contributed by atoms with Gasteiger partial charge in [0.15, 0.2) is 10.9 Å². The highest BCUT2D eigenvalue weighted by Crippen LogP contribution is 2.42. The Kier molecular flexibility index (Phi) is 7.09. The Morgan fingerprint density at radius 3 is 2.78 bits per heavy atom. The SMILES string of the molecule is CN(C(=S)NCC[NH+]1CCOCC1)[C@]1(c2ccccc2Cl)CCCCC1=O. The summed E-state index contributed by atoms with van der Waals surface area (Å²) in [5.41, 5.74) is 0.0915. The van der Waals surface area contributed by atoms with Crippen LogP contribution in [0.3, 0.4) is 0 Å². The van der Waals surface area contributed by atoms with Crippen molar-refractivity contribution in [1.82, 2.24) is 10.2 Å². The van der Waals surface area contributed by atoms with E-state index in [0.717, 1.165) is 64.2 Å². The number of benzene rings is 1. The van der Waals surface area contributed by atoms with Crippen molar-refractivity contribution in [3.8, 4) is 0 Å². The van der Waals surface area contributed by atoms with Gasteiger partial charge in [-0.1, -0.05) is 29.8 Å². The molecule has 1 saturated heterocycles. The van der Waals surface area contributed by atoms with Crippen LogP contribution in [0, 0.1) is 0 Å². The van der Waals surface area contributed by atoms with Gasteiger partial charge in [-0.05, 0) is 37.5 Å². The first-order valence-corrected chi connectivity index (χ1v) is 10.6. The van der Waals surface area contributed by atoms with Gasteiger partial charge in [-0.25, -0.2) is 0 Å². The molecule has 1 aliphatic heterocycles. The van der Waals surface area contributed by atoms with Crippen molar-refractivity contribution in [1.29, 1.82) is 0 Å². The number of carbonyl (C=O) groups excluding carboxylic acids is 1. The summed E-state index contributed by atoms with van der Waals surface area (Å²) in [7, 11) is 1.92. The molecule has 0 radical (unpaired) electrons. The van der Waals surface area contributed by atoms with Crippen molar-refractivity contribution in [3.05, 3.63) is 34.9 Å². The second-order valence-electron chi connectivity index (χ2n) is 7.37. The van der Waals surface area contributed by atoms with Crippen molar-refractivity contribution in [2.24, 2.45) is 0 Å². The van der Waals surface area contributed by atoms with E-state index in [9.17, 15) is 4.79 Å². The van der Waals surface area contributed by atoms with E-state index in [0.29, 0.717) is 16.6 Å². The van der Waals surface area contributed by atoms with Crippen LogP contribution >= 0.6 is 23.8 Å². The van der Waals surface area contributed by atoms with Crippen LogP contribution in [0.15, 0.2) is 24.3 Å². The maximum Gasteiger partial charge on any atom is 0.169 e. The fraction of sp³-hybridized carbons (Fsp3) is 0.600. The van der Waals surface area contributed by atoms with Gasteiger partial charge in [0.25, 0.3) is 0 Å². The molecule has 27 heavy (non-hydrogen) atoms. The van der Waals surface area contributed by atoms with E-state index in [4.69, 9.17) is 28.6 Å². The fourth-order valence-corrected chi connectivity index (χ4v) is 4.73. The molecule has 0 aromatic heterocycles. The third-order valence-corrected chi connectivity index (χ3v) is 6.55. The van der Waals surface area contributed by atoms with Crippen LogP contribution in [-0.4, -0.2) is 62.2 Å². The zero-order chi connectivity index (χ0) is 19.3. The number of rotatable bonds is 5. The van der Waals surface area contributed by atoms with E-state index in [1.807, 2.05) is 36.2 Å². The number of Topliss-reactive ketones (excluding diaryl/α,β-unsaturated/α-hetero) is 1. The molecule has 1 heterocycles. The number of hydrogen-bond acceptors (Lipinski definition) is 3. The number of carbonyl (C=O) groups is 1. The second kappa shape index (κ2) is 9.32. The van der Waals surface area contributed by atoms with E-state index in [1.165, 1.54) is 4.90 Å². The van der Waals surface area contributed by atoms with Gasteiger partial charge < -0.3 is 19.9 Å². The molecule has 0 unspecified atom stereocenters. The minimum absolute atomic E-state index is 0.201. The summed E-state index contributed by atoms with van der Waals surface area (Å²) in [6.45, 7) is 5.49. The quantitative estimate of drug-likeness (QED) is 0.718.